The van der Waals surface area contributed by atoms with Crippen LogP contribution in [-0.4, -0.2) is 54.4 Å². The van der Waals surface area contributed by atoms with E-state index in [1.807, 2.05) is 0 Å². The number of ether oxygens (including phenoxy) is 1. The first kappa shape index (κ1) is 15.5. The van der Waals surface area contributed by atoms with Gasteiger partial charge < -0.3 is 26.2 Å². The van der Waals surface area contributed by atoms with Crippen molar-refractivity contribution in [2.24, 2.45) is 0 Å². The highest BCUT2D eigenvalue weighted by Crippen LogP contribution is 2.52. The van der Waals surface area contributed by atoms with Crippen molar-refractivity contribution in [3.63, 3.8) is 0 Å². The first-order valence-electron chi connectivity index (χ1n) is 6.79. The molecule has 2 aliphatic rings. The molecule has 7 N–H and O–H groups in total. The van der Waals surface area contributed by atoms with Gasteiger partial charge in [0.2, 0.25) is 11.9 Å². The highest BCUT2D eigenvalue weighted by molar-refractivity contribution is 7.47. The SMILES string of the molecule is Nc1nc2c(nc(N)n2[C@@H]2O[C@@H]3COP(=O)(O)O[C@H]3[C@H]2O)c(=O)[nH]1. The van der Waals surface area contributed by atoms with Gasteiger partial charge >= 0.3 is 7.82 Å². The smallest absolute Gasteiger partial charge is 0.386 e. The molecule has 4 rings (SSSR count). The summed E-state index contributed by atoms with van der Waals surface area (Å²) < 4.78 is 27.8. The molecule has 2 aliphatic heterocycles. The summed E-state index contributed by atoms with van der Waals surface area (Å²) in [5.74, 6) is -0.317. The summed E-state index contributed by atoms with van der Waals surface area (Å²) in [7, 11) is -4.26. The molecule has 0 spiro atoms. The molecule has 0 saturated carbocycles. The number of phosphoric acid groups is 1. The summed E-state index contributed by atoms with van der Waals surface area (Å²) in [6, 6.07) is 0. The van der Waals surface area contributed by atoms with Crippen LogP contribution in [0.4, 0.5) is 11.9 Å². The molecular formula is C10H13N6O7P. The molecule has 0 radical (unpaired) electrons. The van der Waals surface area contributed by atoms with Gasteiger partial charge in [0.25, 0.3) is 5.56 Å². The predicted molar refractivity (Wildman–Crippen MR) is 77.5 cm³/mol. The number of nitrogens with two attached hydrogens (primary N) is 2. The quantitative estimate of drug-likeness (QED) is 0.354. The average molecular weight is 360 g/mol. The zero-order valence-electron chi connectivity index (χ0n) is 11.9. The molecule has 5 atom stereocenters. The van der Waals surface area contributed by atoms with Crippen LogP contribution in [-0.2, 0) is 18.3 Å². The summed E-state index contributed by atoms with van der Waals surface area (Å²) in [4.78, 5) is 31.4. The molecule has 14 heteroatoms. The Morgan fingerprint density at radius 3 is 2.88 bits per heavy atom. The second-order valence-electron chi connectivity index (χ2n) is 5.35. The summed E-state index contributed by atoms with van der Waals surface area (Å²) in [6.45, 7) is -0.255. The highest BCUT2D eigenvalue weighted by atomic mass is 31.2. The Morgan fingerprint density at radius 1 is 1.38 bits per heavy atom. The number of rotatable bonds is 1. The molecule has 0 aliphatic carbocycles. The minimum absolute atomic E-state index is 0.00421. The Bertz CT molecular complexity index is 926. The minimum Gasteiger partial charge on any atom is -0.386 e. The van der Waals surface area contributed by atoms with Crippen molar-refractivity contribution in [1.29, 1.82) is 0 Å². The molecule has 2 saturated heterocycles. The molecule has 2 fully saturated rings. The Hall–Kier alpha value is -2.02. The van der Waals surface area contributed by atoms with E-state index in [1.165, 1.54) is 4.57 Å². The summed E-state index contributed by atoms with van der Waals surface area (Å²) in [5.41, 5.74) is 10.6. The Kier molecular flexibility index (Phi) is 3.22. The maximum atomic E-state index is 11.9. The second kappa shape index (κ2) is 4.99. The number of anilines is 2. The third-order valence-corrected chi connectivity index (χ3v) is 4.80. The van der Waals surface area contributed by atoms with Crippen LogP contribution in [0.5, 0.6) is 0 Å². The highest BCUT2D eigenvalue weighted by Gasteiger charge is 2.53. The van der Waals surface area contributed by atoms with Crippen LogP contribution < -0.4 is 17.0 Å². The van der Waals surface area contributed by atoms with Crippen molar-refractivity contribution in [3.8, 4) is 0 Å². The Morgan fingerprint density at radius 2 is 2.12 bits per heavy atom. The molecule has 0 amide bonds. The molecule has 4 heterocycles. The zero-order valence-corrected chi connectivity index (χ0v) is 12.8. The maximum Gasteiger partial charge on any atom is 0.472 e. The number of fused-ring (bicyclic) bond motifs is 2. The first-order valence-corrected chi connectivity index (χ1v) is 8.29. The van der Waals surface area contributed by atoms with Crippen molar-refractivity contribution < 1.29 is 28.3 Å². The monoisotopic (exact) mass is 360 g/mol. The van der Waals surface area contributed by atoms with Gasteiger partial charge in [0.05, 0.1) is 6.61 Å². The van der Waals surface area contributed by atoms with Gasteiger partial charge in [0, 0.05) is 0 Å². The van der Waals surface area contributed by atoms with E-state index in [2.05, 4.69) is 19.5 Å². The molecule has 13 nitrogen and oxygen atoms in total. The summed E-state index contributed by atoms with van der Waals surface area (Å²) >= 11 is 0. The number of nitrogen functional groups attached to an aromatic ring is 2. The van der Waals surface area contributed by atoms with E-state index in [1.54, 1.807) is 0 Å². The molecule has 0 aromatic carbocycles. The third kappa shape index (κ3) is 2.22. The van der Waals surface area contributed by atoms with Crippen molar-refractivity contribution >= 4 is 30.9 Å². The molecular weight excluding hydrogens is 347 g/mol. The van der Waals surface area contributed by atoms with Crippen molar-refractivity contribution in [3.05, 3.63) is 10.4 Å². The topological polar surface area (TPSA) is 201 Å². The maximum absolute atomic E-state index is 11.9. The van der Waals surface area contributed by atoms with E-state index >= 15 is 0 Å². The van der Waals surface area contributed by atoms with E-state index in [0.717, 1.165) is 0 Å². The van der Waals surface area contributed by atoms with Gasteiger partial charge in [-0.15, -0.1) is 0 Å². The van der Waals surface area contributed by atoms with E-state index in [9.17, 15) is 19.4 Å². The fraction of sp³-hybridized carbons (Fsp3) is 0.500. The fourth-order valence-electron chi connectivity index (χ4n) is 2.82. The van der Waals surface area contributed by atoms with E-state index in [-0.39, 0.29) is 29.7 Å². The lowest BCUT2D eigenvalue weighted by atomic mass is 10.1. The summed E-state index contributed by atoms with van der Waals surface area (Å²) in [5, 5.41) is 10.4. The first-order chi connectivity index (χ1) is 11.3. The molecule has 1 unspecified atom stereocenters. The number of nitrogens with zero attached hydrogens (tertiary/aromatic N) is 3. The van der Waals surface area contributed by atoms with Gasteiger partial charge in [0.15, 0.2) is 17.4 Å². The lowest BCUT2D eigenvalue weighted by Gasteiger charge is -2.27. The Labute approximate surface area is 132 Å². The number of hydrogen-bond acceptors (Lipinski definition) is 10. The normalized spacial score (nSPS) is 36.1. The van der Waals surface area contributed by atoms with Crippen LogP contribution in [0, 0.1) is 0 Å². The van der Waals surface area contributed by atoms with Gasteiger partial charge in [-0.3, -0.25) is 23.4 Å². The van der Waals surface area contributed by atoms with Crippen molar-refractivity contribution in [1.82, 2.24) is 19.5 Å². The lowest BCUT2D eigenvalue weighted by molar-refractivity contribution is -0.0659. The Balaban J connectivity index is 1.80. The predicted octanol–water partition coefficient (Wildman–Crippen LogP) is -1.94. The van der Waals surface area contributed by atoms with Gasteiger partial charge in [-0.25, -0.2) is 9.55 Å². The molecule has 24 heavy (non-hydrogen) atoms. The number of hydrogen-bond donors (Lipinski definition) is 5. The van der Waals surface area contributed by atoms with Crippen LogP contribution in [0.15, 0.2) is 4.79 Å². The number of nitrogens with one attached hydrogen (secondary N) is 1. The molecule has 0 bridgehead atoms. The molecule has 2 aromatic heterocycles. The number of aromatic amines is 1. The number of imidazole rings is 1. The number of phosphoric ester groups is 1. The van der Waals surface area contributed by atoms with Crippen LogP contribution >= 0.6 is 7.82 Å². The van der Waals surface area contributed by atoms with Gasteiger partial charge in [0.1, 0.15) is 18.3 Å². The van der Waals surface area contributed by atoms with Crippen LogP contribution in [0.1, 0.15) is 6.23 Å². The van der Waals surface area contributed by atoms with Crippen LogP contribution in [0.25, 0.3) is 11.2 Å². The van der Waals surface area contributed by atoms with Crippen molar-refractivity contribution in [2.75, 3.05) is 18.1 Å². The molecule has 130 valence electrons. The van der Waals surface area contributed by atoms with Gasteiger partial charge in [-0.2, -0.15) is 4.98 Å². The zero-order chi connectivity index (χ0) is 17.2. The van der Waals surface area contributed by atoms with Gasteiger partial charge in [-0.05, 0) is 0 Å². The largest absolute Gasteiger partial charge is 0.472 e. The average Bonchev–Trinajstić information content (AvgIpc) is 2.96. The minimum atomic E-state index is -4.26. The summed E-state index contributed by atoms with van der Waals surface area (Å²) in [6.07, 6.45) is -4.45. The molecule has 2 aromatic rings. The van der Waals surface area contributed by atoms with Crippen molar-refractivity contribution in [2.45, 2.75) is 24.5 Å². The number of aliphatic hydroxyl groups is 1. The van der Waals surface area contributed by atoms with Crippen LogP contribution in [0.2, 0.25) is 0 Å². The van der Waals surface area contributed by atoms with E-state index in [4.69, 9.17) is 20.7 Å². The lowest BCUT2D eigenvalue weighted by Crippen LogP contribution is -2.39. The van der Waals surface area contributed by atoms with E-state index in [0.29, 0.717) is 0 Å². The fourth-order valence-corrected chi connectivity index (χ4v) is 3.78. The number of aromatic nitrogens is 4. The van der Waals surface area contributed by atoms with Crippen LogP contribution in [0.3, 0.4) is 0 Å². The van der Waals surface area contributed by atoms with Gasteiger partial charge in [-0.1, -0.05) is 0 Å². The number of H-pyrrole nitrogens is 1. The van der Waals surface area contributed by atoms with E-state index < -0.39 is 37.9 Å². The second-order valence-corrected chi connectivity index (χ2v) is 6.76. The standard InChI is InChI=1S/C10H13N6O7P/c11-9-14-6-3(7(18)15-9)13-10(12)16(6)8-4(17)5-2(22-8)1-21-24(19,20)23-5/h2,4-5,8,17H,1H2,(H2,12,13)(H,19,20)(H3,11,14,15,18)/t2-,4-,5-,8-/m1/s1. The third-order valence-electron chi connectivity index (χ3n) is 3.82. The number of aliphatic hydroxyl groups excluding tert-OH is 1.